The average Bonchev–Trinajstić information content (AvgIpc) is 2.66. The number of hydrogen-bond acceptors (Lipinski definition) is 4. The standard InChI is InChI=1S/C19H21ClN2O4/c20-17-16(26-14-9-5-2-6-10-14)12-21-22(18(17)23)15(19(24)25)11-13-7-3-1-4-8-13/h2,5-6,9-10,12-13,15H,1,3-4,7-8,11H2,(H,24,25). The minimum absolute atomic E-state index is 0.112. The molecule has 0 saturated heterocycles. The van der Waals surface area contributed by atoms with Crippen molar-refractivity contribution in [3.8, 4) is 11.5 Å². The Morgan fingerprint density at radius 2 is 1.96 bits per heavy atom. The van der Waals surface area contributed by atoms with E-state index in [1.165, 1.54) is 12.6 Å². The lowest BCUT2D eigenvalue weighted by Crippen LogP contribution is -2.34. The summed E-state index contributed by atoms with van der Waals surface area (Å²) in [5.41, 5.74) is -0.650. The number of aromatic nitrogens is 2. The molecule has 0 spiro atoms. The summed E-state index contributed by atoms with van der Waals surface area (Å²) in [4.78, 5) is 24.3. The van der Waals surface area contributed by atoms with E-state index < -0.39 is 17.6 Å². The van der Waals surface area contributed by atoms with Crippen LogP contribution < -0.4 is 10.3 Å². The summed E-state index contributed by atoms with van der Waals surface area (Å²) >= 11 is 6.15. The Bertz CT molecular complexity index is 816. The lowest BCUT2D eigenvalue weighted by Gasteiger charge is -2.25. The summed E-state index contributed by atoms with van der Waals surface area (Å²) in [6, 6.07) is 7.86. The van der Waals surface area contributed by atoms with Crippen LogP contribution in [0.15, 0.2) is 41.3 Å². The van der Waals surface area contributed by atoms with Crippen LogP contribution >= 0.6 is 11.6 Å². The minimum Gasteiger partial charge on any atom is -0.480 e. The number of halogens is 1. The van der Waals surface area contributed by atoms with E-state index in [0.29, 0.717) is 12.2 Å². The van der Waals surface area contributed by atoms with E-state index in [4.69, 9.17) is 16.3 Å². The maximum Gasteiger partial charge on any atom is 0.328 e. The summed E-state index contributed by atoms with van der Waals surface area (Å²) in [5.74, 6) is -0.151. The number of nitrogens with zero attached hydrogens (tertiary/aromatic N) is 2. The smallest absolute Gasteiger partial charge is 0.328 e. The second-order valence-electron chi connectivity index (χ2n) is 6.58. The van der Waals surface area contributed by atoms with Gasteiger partial charge in [-0.05, 0) is 24.5 Å². The zero-order valence-corrected chi connectivity index (χ0v) is 15.1. The highest BCUT2D eigenvalue weighted by Crippen LogP contribution is 2.31. The van der Waals surface area contributed by atoms with Crippen LogP contribution in [0.25, 0.3) is 0 Å². The van der Waals surface area contributed by atoms with Crippen molar-refractivity contribution in [1.82, 2.24) is 9.78 Å². The van der Waals surface area contributed by atoms with Gasteiger partial charge in [-0.15, -0.1) is 0 Å². The third-order valence-electron chi connectivity index (χ3n) is 4.74. The SMILES string of the molecule is O=C(O)C(CC1CCCCC1)n1ncc(Oc2ccccc2)c(Cl)c1=O. The van der Waals surface area contributed by atoms with Crippen LogP contribution in [0, 0.1) is 5.92 Å². The van der Waals surface area contributed by atoms with E-state index in [1.807, 2.05) is 6.07 Å². The molecule has 6 nitrogen and oxygen atoms in total. The molecule has 0 aliphatic heterocycles. The van der Waals surface area contributed by atoms with Gasteiger partial charge >= 0.3 is 5.97 Å². The highest BCUT2D eigenvalue weighted by molar-refractivity contribution is 6.31. The van der Waals surface area contributed by atoms with E-state index in [-0.39, 0.29) is 16.7 Å². The fourth-order valence-corrected chi connectivity index (χ4v) is 3.56. The van der Waals surface area contributed by atoms with Crippen LogP contribution in [0.1, 0.15) is 44.6 Å². The van der Waals surface area contributed by atoms with Crippen molar-refractivity contribution in [3.05, 3.63) is 51.9 Å². The first-order chi connectivity index (χ1) is 12.6. The number of carbonyl (C=O) groups is 1. The summed E-state index contributed by atoms with van der Waals surface area (Å²) in [6.07, 6.45) is 7.05. The molecule has 26 heavy (non-hydrogen) atoms. The van der Waals surface area contributed by atoms with Crippen LogP contribution in [-0.4, -0.2) is 20.9 Å². The van der Waals surface area contributed by atoms with Crippen LogP contribution in [0.4, 0.5) is 0 Å². The van der Waals surface area contributed by atoms with Gasteiger partial charge < -0.3 is 9.84 Å². The molecule has 1 aliphatic carbocycles. The molecule has 1 aromatic heterocycles. The first-order valence-electron chi connectivity index (χ1n) is 8.79. The summed E-state index contributed by atoms with van der Waals surface area (Å²) in [7, 11) is 0. The Morgan fingerprint density at radius 1 is 1.27 bits per heavy atom. The van der Waals surface area contributed by atoms with Gasteiger partial charge in [-0.2, -0.15) is 5.10 Å². The predicted octanol–water partition coefficient (Wildman–Crippen LogP) is 4.29. The monoisotopic (exact) mass is 376 g/mol. The van der Waals surface area contributed by atoms with Crippen LogP contribution in [0.3, 0.4) is 0 Å². The van der Waals surface area contributed by atoms with E-state index in [9.17, 15) is 14.7 Å². The van der Waals surface area contributed by atoms with Crippen molar-refractivity contribution in [1.29, 1.82) is 0 Å². The van der Waals surface area contributed by atoms with Crippen molar-refractivity contribution in [2.45, 2.75) is 44.6 Å². The van der Waals surface area contributed by atoms with E-state index in [1.54, 1.807) is 24.3 Å². The quantitative estimate of drug-likeness (QED) is 0.813. The largest absolute Gasteiger partial charge is 0.480 e. The number of para-hydroxylation sites is 1. The third-order valence-corrected chi connectivity index (χ3v) is 5.09. The fourth-order valence-electron chi connectivity index (χ4n) is 3.38. The van der Waals surface area contributed by atoms with E-state index in [2.05, 4.69) is 5.10 Å². The minimum atomic E-state index is -1.07. The highest BCUT2D eigenvalue weighted by Gasteiger charge is 2.28. The van der Waals surface area contributed by atoms with Gasteiger partial charge in [0, 0.05) is 0 Å². The molecule has 1 aliphatic rings. The Kier molecular flexibility index (Phi) is 5.93. The second kappa shape index (κ2) is 8.36. The molecular formula is C19H21ClN2O4. The highest BCUT2D eigenvalue weighted by atomic mass is 35.5. The molecule has 1 fully saturated rings. The number of aliphatic carboxylic acids is 1. The molecule has 1 N–H and O–H groups in total. The molecule has 7 heteroatoms. The summed E-state index contributed by atoms with van der Waals surface area (Å²) in [6.45, 7) is 0. The Morgan fingerprint density at radius 3 is 2.62 bits per heavy atom. The number of hydrogen-bond donors (Lipinski definition) is 1. The lowest BCUT2D eigenvalue weighted by atomic mass is 9.85. The zero-order chi connectivity index (χ0) is 18.5. The Balaban J connectivity index is 1.85. The van der Waals surface area contributed by atoms with Crippen LogP contribution in [0.5, 0.6) is 11.5 Å². The molecule has 0 bridgehead atoms. The fraction of sp³-hybridized carbons (Fsp3) is 0.421. The number of carboxylic acids is 1. The van der Waals surface area contributed by atoms with Gasteiger partial charge in [-0.3, -0.25) is 4.79 Å². The first kappa shape index (κ1) is 18.5. The number of ether oxygens (including phenoxy) is 1. The molecule has 1 heterocycles. The van der Waals surface area contributed by atoms with Gasteiger partial charge in [0.25, 0.3) is 5.56 Å². The van der Waals surface area contributed by atoms with Gasteiger partial charge in [0.2, 0.25) is 0 Å². The molecule has 1 aromatic carbocycles. The van der Waals surface area contributed by atoms with Crippen LogP contribution in [-0.2, 0) is 4.79 Å². The Hall–Kier alpha value is -2.34. The Labute approximate surface area is 156 Å². The van der Waals surface area contributed by atoms with Crippen molar-refractivity contribution < 1.29 is 14.6 Å². The van der Waals surface area contributed by atoms with Crippen molar-refractivity contribution in [2.24, 2.45) is 5.92 Å². The zero-order valence-electron chi connectivity index (χ0n) is 14.3. The molecule has 1 atom stereocenters. The van der Waals surface area contributed by atoms with Gasteiger partial charge in [-0.1, -0.05) is 61.9 Å². The molecule has 1 unspecified atom stereocenters. The number of carboxylic acid groups (broad SMARTS) is 1. The molecule has 2 aromatic rings. The molecule has 0 amide bonds. The predicted molar refractivity (Wildman–Crippen MR) is 97.9 cm³/mol. The van der Waals surface area contributed by atoms with Crippen molar-refractivity contribution in [2.75, 3.05) is 0 Å². The maximum absolute atomic E-state index is 12.6. The van der Waals surface area contributed by atoms with Crippen molar-refractivity contribution >= 4 is 17.6 Å². The van der Waals surface area contributed by atoms with Gasteiger partial charge in [0.15, 0.2) is 16.8 Å². The first-order valence-corrected chi connectivity index (χ1v) is 9.17. The van der Waals surface area contributed by atoms with Gasteiger partial charge in [0.05, 0.1) is 6.20 Å². The normalized spacial score (nSPS) is 16.2. The second-order valence-corrected chi connectivity index (χ2v) is 6.96. The van der Waals surface area contributed by atoms with Crippen molar-refractivity contribution in [3.63, 3.8) is 0 Å². The molecule has 138 valence electrons. The molecule has 3 rings (SSSR count). The maximum atomic E-state index is 12.6. The van der Waals surface area contributed by atoms with E-state index in [0.717, 1.165) is 30.4 Å². The topological polar surface area (TPSA) is 81.4 Å². The molecule has 1 saturated carbocycles. The van der Waals surface area contributed by atoms with E-state index >= 15 is 0 Å². The van der Waals surface area contributed by atoms with Gasteiger partial charge in [-0.25, -0.2) is 9.48 Å². The van der Waals surface area contributed by atoms with Crippen LogP contribution in [0.2, 0.25) is 5.02 Å². The number of rotatable bonds is 6. The average molecular weight is 377 g/mol. The summed E-state index contributed by atoms with van der Waals surface area (Å²) in [5, 5.41) is 13.5. The van der Waals surface area contributed by atoms with Gasteiger partial charge in [0.1, 0.15) is 5.75 Å². The molecular weight excluding hydrogens is 356 g/mol. The summed E-state index contributed by atoms with van der Waals surface area (Å²) < 4.78 is 6.55. The third kappa shape index (κ3) is 4.25. The number of benzene rings is 1. The molecule has 0 radical (unpaired) electrons. The lowest BCUT2D eigenvalue weighted by molar-refractivity contribution is -0.142.